The number of alkyl halides is 5. The first-order chi connectivity index (χ1) is 19.5. The molecule has 2 aliphatic rings. The molecule has 0 N–H and O–H groups in total. The summed E-state index contributed by atoms with van der Waals surface area (Å²) in [7, 11) is -4.81. The molecule has 1 saturated heterocycles. The molecule has 0 saturated carbocycles. The second-order valence-corrected chi connectivity index (χ2v) is 12.3. The van der Waals surface area contributed by atoms with Crippen LogP contribution in [0.25, 0.3) is 0 Å². The molecular formula is C25H23Cl2F6N3O5S. The Bertz CT molecular complexity index is 1500. The van der Waals surface area contributed by atoms with Gasteiger partial charge in [-0.05, 0) is 49.2 Å². The van der Waals surface area contributed by atoms with Crippen molar-refractivity contribution in [3.05, 3.63) is 68.4 Å². The zero-order valence-corrected chi connectivity index (χ0v) is 24.2. The average molecular weight is 662 g/mol. The van der Waals surface area contributed by atoms with Crippen molar-refractivity contribution in [2.24, 2.45) is 5.16 Å². The zero-order chi connectivity index (χ0) is 31.2. The minimum Gasteiger partial charge on any atom is -0.374 e. The smallest absolute Gasteiger partial charge is 0.374 e. The van der Waals surface area contributed by atoms with Gasteiger partial charge in [-0.25, -0.2) is 12.8 Å². The number of hydrogen-bond acceptors (Lipinski definition) is 6. The van der Waals surface area contributed by atoms with E-state index in [1.807, 2.05) is 0 Å². The molecule has 2 aromatic carbocycles. The standard InChI is InChI=1S/C25H23Cl2F6N3O5S/c1-3-40-12-36(16-10-35(11-16)42(38,39)23(29)30)22(37)17-5-4-14(6-13(17)2)20-9-24(41-34-20,25(31,32)33)15-7-18(26)21(28)19(27)8-15/h4-8,16,23H,3,9-12H2,1-2H3/t24-/m0/s1. The van der Waals surface area contributed by atoms with Gasteiger partial charge in [0.1, 0.15) is 6.73 Å². The van der Waals surface area contributed by atoms with Crippen LogP contribution in [0.1, 0.15) is 40.4 Å². The molecule has 2 aliphatic heterocycles. The van der Waals surface area contributed by atoms with Crippen LogP contribution in [-0.2, 0) is 25.2 Å². The number of carbonyl (C=O) groups is 1. The van der Waals surface area contributed by atoms with E-state index in [1.165, 1.54) is 30.0 Å². The Balaban J connectivity index is 1.58. The van der Waals surface area contributed by atoms with E-state index in [-0.39, 0.29) is 43.3 Å². The van der Waals surface area contributed by atoms with Crippen molar-refractivity contribution in [2.75, 3.05) is 26.4 Å². The van der Waals surface area contributed by atoms with Crippen LogP contribution in [0, 0.1) is 12.7 Å². The lowest BCUT2D eigenvalue weighted by atomic mass is 9.86. The molecule has 0 radical (unpaired) electrons. The summed E-state index contributed by atoms with van der Waals surface area (Å²) in [4.78, 5) is 19.6. The first-order valence-electron chi connectivity index (χ1n) is 12.3. The monoisotopic (exact) mass is 661 g/mol. The highest BCUT2D eigenvalue weighted by Crippen LogP contribution is 2.50. The molecule has 1 amide bonds. The molecule has 1 fully saturated rings. The first-order valence-corrected chi connectivity index (χ1v) is 14.5. The fraction of sp³-hybridized carbons (Fsp3) is 0.440. The van der Waals surface area contributed by atoms with Gasteiger partial charge in [0.05, 0.1) is 21.8 Å². The molecular weight excluding hydrogens is 639 g/mol. The van der Waals surface area contributed by atoms with Crippen molar-refractivity contribution in [2.45, 2.75) is 43.8 Å². The summed E-state index contributed by atoms with van der Waals surface area (Å²) in [5.41, 5.74) is -3.03. The van der Waals surface area contributed by atoms with Crippen LogP contribution in [-0.4, -0.2) is 73.6 Å². The van der Waals surface area contributed by atoms with Crippen molar-refractivity contribution in [3.63, 3.8) is 0 Å². The number of nitrogens with zero attached hydrogens (tertiary/aromatic N) is 3. The van der Waals surface area contributed by atoms with Crippen molar-refractivity contribution in [1.82, 2.24) is 9.21 Å². The molecule has 2 heterocycles. The van der Waals surface area contributed by atoms with E-state index in [2.05, 4.69) is 5.16 Å². The van der Waals surface area contributed by atoms with Crippen LogP contribution in [0.3, 0.4) is 0 Å². The van der Waals surface area contributed by atoms with E-state index in [1.54, 1.807) is 6.92 Å². The fourth-order valence-corrected chi connectivity index (χ4v) is 6.01. The van der Waals surface area contributed by atoms with E-state index in [4.69, 9.17) is 32.8 Å². The molecule has 8 nitrogen and oxygen atoms in total. The second kappa shape index (κ2) is 11.8. The summed E-state index contributed by atoms with van der Waals surface area (Å²) in [6.07, 6.45) is -5.82. The van der Waals surface area contributed by atoms with Crippen LogP contribution in [0.4, 0.5) is 26.3 Å². The maximum absolute atomic E-state index is 14.3. The van der Waals surface area contributed by atoms with Crippen LogP contribution < -0.4 is 0 Å². The summed E-state index contributed by atoms with van der Waals surface area (Å²) >= 11 is 11.5. The molecule has 230 valence electrons. The van der Waals surface area contributed by atoms with Crippen LogP contribution in [0.2, 0.25) is 10.0 Å². The summed E-state index contributed by atoms with van der Waals surface area (Å²) < 4.78 is 112. The maximum Gasteiger partial charge on any atom is 0.435 e. The minimum absolute atomic E-state index is 0.118. The van der Waals surface area contributed by atoms with Gasteiger partial charge in [-0.2, -0.15) is 26.3 Å². The number of aryl methyl sites for hydroxylation is 1. The molecule has 0 aliphatic carbocycles. The number of ether oxygens (including phenoxy) is 1. The Morgan fingerprint density at radius 2 is 1.83 bits per heavy atom. The molecule has 1 atom stereocenters. The Morgan fingerprint density at radius 1 is 1.21 bits per heavy atom. The summed E-state index contributed by atoms with van der Waals surface area (Å²) in [6, 6.07) is 4.91. The number of carbonyl (C=O) groups excluding carboxylic acids is 1. The van der Waals surface area contributed by atoms with Gasteiger partial charge in [0.25, 0.3) is 21.5 Å². The van der Waals surface area contributed by atoms with Gasteiger partial charge < -0.3 is 14.5 Å². The molecule has 4 rings (SSSR count). The first kappa shape index (κ1) is 32.3. The average Bonchev–Trinajstić information content (AvgIpc) is 3.34. The zero-order valence-electron chi connectivity index (χ0n) is 21.9. The third-order valence-corrected chi connectivity index (χ3v) is 8.99. The lowest BCUT2D eigenvalue weighted by molar-refractivity contribution is -0.275. The van der Waals surface area contributed by atoms with Crippen molar-refractivity contribution in [1.29, 1.82) is 0 Å². The Kier molecular flexibility index (Phi) is 9.11. The highest BCUT2D eigenvalue weighted by molar-refractivity contribution is 7.89. The van der Waals surface area contributed by atoms with Crippen molar-refractivity contribution < 1.29 is 49.1 Å². The van der Waals surface area contributed by atoms with E-state index in [0.29, 0.717) is 9.87 Å². The maximum atomic E-state index is 14.3. The topological polar surface area (TPSA) is 88.5 Å². The number of oxime groups is 1. The number of halogens is 8. The van der Waals surface area contributed by atoms with Crippen LogP contribution >= 0.6 is 23.2 Å². The molecule has 0 spiro atoms. The van der Waals surface area contributed by atoms with Gasteiger partial charge in [-0.3, -0.25) is 4.79 Å². The third kappa shape index (κ3) is 5.81. The van der Waals surface area contributed by atoms with Crippen molar-refractivity contribution >= 4 is 44.8 Å². The van der Waals surface area contributed by atoms with Crippen LogP contribution in [0.15, 0.2) is 35.5 Å². The minimum atomic E-state index is -5.01. The number of amides is 1. The van der Waals surface area contributed by atoms with E-state index >= 15 is 0 Å². The fourth-order valence-electron chi connectivity index (χ4n) is 4.54. The predicted octanol–water partition coefficient (Wildman–Crippen LogP) is 5.70. The van der Waals surface area contributed by atoms with Crippen molar-refractivity contribution in [3.8, 4) is 0 Å². The van der Waals surface area contributed by atoms with Gasteiger partial charge in [-0.15, -0.1) is 0 Å². The van der Waals surface area contributed by atoms with E-state index in [9.17, 15) is 39.6 Å². The molecule has 0 aromatic heterocycles. The normalized spacial score (nSPS) is 19.9. The Morgan fingerprint density at radius 3 is 2.36 bits per heavy atom. The van der Waals surface area contributed by atoms with Gasteiger partial charge in [0.15, 0.2) is 5.82 Å². The highest BCUT2D eigenvalue weighted by Gasteiger charge is 2.62. The summed E-state index contributed by atoms with van der Waals surface area (Å²) in [6.45, 7) is 2.44. The van der Waals surface area contributed by atoms with E-state index < -0.39 is 67.4 Å². The number of sulfonamides is 1. The van der Waals surface area contributed by atoms with Gasteiger partial charge in [0, 0.05) is 37.2 Å². The SMILES string of the molecule is CCOCN(C(=O)c1ccc(C2=NO[C@@](c3cc(Cl)c(F)c(Cl)c3)(C(F)(F)F)C2)cc1C)C1CN(S(=O)(=O)C(F)F)C1. The molecule has 0 bridgehead atoms. The predicted molar refractivity (Wildman–Crippen MR) is 141 cm³/mol. The number of benzene rings is 2. The van der Waals surface area contributed by atoms with E-state index in [0.717, 1.165) is 12.1 Å². The Labute approximate surface area is 246 Å². The lowest BCUT2D eigenvalue weighted by Gasteiger charge is -2.44. The number of rotatable bonds is 9. The second-order valence-electron chi connectivity index (χ2n) is 9.59. The molecule has 0 unspecified atom stereocenters. The lowest BCUT2D eigenvalue weighted by Crippen LogP contribution is -2.63. The van der Waals surface area contributed by atoms with Crippen LogP contribution in [0.5, 0.6) is 0 Å². The largest absolute Gasteiger partial charge is 0.435 e. The Hall–Kier alpha value is -2.59. The van der Waals surface area contributed by atoms with Gasteiger partial charge in [-0.1, -0.05) is 34.4 Å². The van der Waals surface area contributed by atoms with Gasteiger partial charge in [0.2, 0.25) is 0 Å². The summed E-state index contributed by atoms with van der Waals surface area (Å²) in [5.74, 6) is -5.28. The molecule has 17 heteroatoms. The number of hydrogen-bond donors (Lipinski definition) is 0. The van der Waals surface area contributed by atoms with Gasteiger partial charge >= 0.3 is 11.9 Å². The highest BCUT2D eigenvalue weighted by atomic mass is 35.5. The molecule has 2 aromatic rings. The third-order valence-electron chi connectivity index (χ3n) is 6.98. The summed E-state index contributed by atoms with van der Waals surface area (Å²) in [5, 5.41) is 2.39. The quantitative estimate of drug-likeness (QED) is 0.196. The molecule has 42 heavy (non-hydrogen) atoms.